The highest BCUT2D eigenvalue weighted by molar-refractivity contribution is 5.81. The van der Waals surface area contributed by atoms with Gasteiger partial charge in [-0.25, -0.2) is 4.98 Å². The third-order valence-corrected chi connectivity index (χ3v) is 3.18. The molecule has 0 unspecified atom stereocenters. The van der Waals surface area contributed by atoms with Gasteiger partial charge >= 0.3 is 0 Å². The maximum atomic E-state index is 11.7. The van der Waals surface area contributed by atoms with Crippen LogP contribution in [0.1, 0.15) is 31.9 Å². The van der Waals surface area contributed by atoms with E-state index in [2.05, 4.69) is 32.6 Å². The molecule has 20 heavy (non-hydrogen) atoms. The van der Waals surface area contributed by atoms with E-state index in [0.29, 0.717) is 11.8 Å². The first kappa shape index (κ1) is 12.8. The summed E-state index contributed by atoms with van der Waals surface area (Å²) in [5.41, 5.74) is 0.957. The van der Waals surface area contributed by atoms with Crippen molar-refractivity contribution in [1.29, 1.82) is 0 Å². The average molecular weight is 274 g/mol. The van der Waals surface area contributed by atoms with E-state index in [1.54, 1.807) is 4.52 Å². The van der Waals surface area contributed by atoms with E-state index >= 15 is 0 Å². The molecule has 1 aliphatic rings. The molecule has 7 nitrogen and oxygen atoms in total. The molecule has 1 amide bonds. The largest absolute Gasteiger partial charge is 0.361 e. The van der Waals surface area contributed by atoms with E-state index in [1.165, 1.54) is 6.33 Å². The molecule has 1 saturated carbocycles. The summed E-state index contributed by atoms with van der Waals surface area (Å²) in [5.74, 6) is 1.32. The fourth-order valence-corrected chi connectivity index (χ4v) is 2.05. The Morgan fingerprint density at radius 2 is 2.35 bits per heavy atom. The summed E-state index contributed by atoms with van der Waals surface area (Å²) in [6.07, 6.45) is 5.54. The molecule has 2 aromatic rings. The lowest BCUT2D eigenvalue weighted by atomic mass is 10.2. The molecular weight excluding hydrogens is 256 g/mol. The average Bonchev–Trinajstić information content (AvgIpc) is 3.11. The second-order valence-electron chi connectivity index (χ2n) is 5.05. The summed E-state index contributed by atoms with van der Waals surface area (Å²) in [5, 5.41) is 10.2. The third-order valence-electron chi connectivity index (χ3n) is 3.18. The minimum Gasteiger partial charge on any atom is -0.361 e. The van der Waals surface area contributed by atoms with Gasteiger partial charge in [0.05, 0.1) is 6.54 Å². The van der Waals surface area contributed by atoms with Gasteiger partial charge in [-0.2, -0.15) is 14.6 Å². The molecule has 1 aliphatic carbocycles. The van der Waals surface area contributed by atoms with Gasteiger partial charge in [0.2, 0.25) is 5.91 Å². The molecule has 0 atom stereocenters. The van der Waals surface area contributed by atoms with Crippen molar-refractivity contribution in [1.82, 2.24) is 24.9 Å². The molecule has 7 heteroatoms. The molecule has 1 fully saturated rings. The van der Waals surface area contributed by atoms with Crippen LogP contribution >= 0.6 is 0 Å². The number of aromatic nitrogens is 4. The second-order valence-corrected chi connectivity index (χ2v) is 5.05. The van der Waals surface area contributed by atoms with E-state index < -0.39 is 0 Å². The Balaban J connectivity index is 1.74. The number of hydrogen-bond donors (Lipinski definition) is 2. The van der Waals surface area contributed by atoms with Crippen molar-refractivity contribution in [2.24, 2.45) is 0 Å². The van der Waals surface area contributed by atoms with Crippen molar-refractivity contribution in [3.05, 3.63) is 18.1 Å². The zero-order chi connectivity index (χ0) is 13.9. The Kier molecular flexibility index (Phi) is 3.49. The van der Waals surface area contributed by atoms with Crippen LogP contribution in [0.15, 0.2) is 12.4 Å². The minimum atomic E-state index is 0.00891. The lowest BCUT2D eigenvalue weighted by Crippen LogP contribution is -2.31. The van der Waals surface area contributed by atoms with Crippen LogP contribution in [0.5, 0.6) is 0 Å². The van der Waals surface area contributed by atoms with Crippen LogP contribution < -0.4 is 10.6 Å². The molecule has 0 saturated heterocycles. The summed E-state index contributed by atoms with van der Waals surface area (Å²) >= 11 is 0. The van der Waals surface area contributed by atoms with Gasteiger partial charge in [-0.15, -0.1) is 0 Å². The van der Waals surface area contributed by atoms with Crippen molar-refractivity contribution in [3.8, 4) is 0 Å². The number of anilines is 1. The predicted molar refractivity (Wildman–Crippen MR) is 74.4 cm³/mol. The van der Waals surface area contributed by atoms with E-state index in [9.17, 15) is 4.79 Å². The Bertz CT molecular complexity index is 618. The van der Waals surface area contributed by atoms with Gasteiger partial charge < -0.3 is 10.6 Å². The fourth-order valence-electron chi connectivity index (χ4n) is 2.05. The van der Waals surface area contributed by atoms with Crippen molar-refractivity contribution in [2.75, 3.05) is 11.9 Å². The summed E-state index contributed by atoms with van der Waals surface area (Å²) in [4.78, 5) is 20.2. The predicted octanol–water partition coefficient (Wildman–Crippen LogP) is 0.767. The van der Waals surface area contributed by atoms with Gasteiger partial charge in [0.1, 0.15) is 12.1 Å². The maximum absolute atomic E-state index is 11.7. The van der Waals surface area contributed by atoms with Crippen LogP contribution in [-0.4, -0.2) is 38.1 Å². The maximum Gasteiger partial charge on any atom is 0.254 e. The zero-order valence-electron chi connectivity index (χ0n) is 11.5. The number of aryl methyl sites for hydroxylation is 1. The monoisotopic (exact) mass is 274 g/mol. The summed E-state index contributed by atoms with van der Waals surface area (Å²) < 4.78 is 1.61. The molecule has 0 radical (unpaired) electrons. The molecule has 0 spiro atoms. The van der Waals surface area contributed by atoms with Gasteiger partial charge in [-0.3, -0.25) is 4.79 Å². The van der Waals surface area contributed by atoms with Crippen molar-refractivity contribution < 1.29 is 4.79 Å². The van der Waals surface area contributed by atoms with E-state index in [-0.39, 0.29) is 12.5 Å². The van der Waals surface area contributed by atoms with E-state index in [4.69, 9.17) is 0 Å². The van der Waals surface area contributed by atoms with Crippen LogP contribution in [0.4, 0.5) is 5.82 Å². The molecule has 2 heterocycles. The first-order valence-electron chi connectivity index (χ1n) is 6.99. The number of amides is 1. The normalized spacial score (nSPS) is 14.4. The van der Waals surface area contributed by atoms with Gasteiger partial charge in [-0.1, -0.05) is 13.3 Å². The number of nitrogens with one attached hydrogen (secondary N) is 2. The standard InChI is InChI=1S/C13H18N6O/c1-2-3-10-6-11(19-13(18-10)15-8-16-19)14-7-12(20)17-9-4-5-9/h6,8-9,14H,2-5,7H2,1H3,(H,17,20). The zero-order valence-corrected chi connectivity index (χ0v) is 11.5. The number of fused-ring (bicyclic) bond motifs is 1. The smallest absolute Gasteiger partial charge is 0.254 e. The molecule has 2 N–H and O–H groups in total. The minimum absolute atomic E-state index is 0.00891. The second kappa shape index (κ2) is 5.44. The number of nitrogens with zero attached hydrogens (tertiary/aromatic N) is 4. The molecule has 3 rings (SSSR count). The molecule has 0 bridgehead atoms. The first-order chi connectivity index (χ1) is 9.76. The first-order valence-corrected chi connectivity index (χ1v) is 6.99. The summed E-state index contributed by atoms with van der Waals surface area (Å²) in [6, 6.07) is 2.30. The number of carbonyl (C=O) groups is 1. The molecule has 0 aliphatic heterocycles. The van der Waals surface area contributed by atoms with Gasteiger partial charge in [0.15, 0.2) is 0 Å². The number of carbonyl (C=O) groups excluding carboxylic acids is 1. The molecule has 0 aromatic carbocycles. The molecule has 2 aromatic heterocycles. The highest BCUT2D eigenvalue weighted by Gasteiger charge is 2.23. The van der Waals surface area contributed by atoms with Crippen LogP contribution in [0.25, 0.3) is 5.78 Å². The lowest BCUT2D eigenvalue weighted by molar-refractivity contribution is -0.119. The fraction of sp³-hybridized carbons (Fsp3) is 0.538. The van der Waals surface area contributed by atoms with Crippen LogP contribution in [0.2, 0.25) is 0 Å². The third kappa shape index (κ3) is 2.87. The SMILES string of the molecule is CCCc1cc(NCC(=O)NC2CC2)n2ncnc2n1. The Labute approximate surface area is 116 Å². The molecule has 106 valence electrons. The Morgan fingerprint density at radius 3 is 3.10 bits per heavy atom. The topological polar surface area (TPSA) is 84.2 Å². The lowest BCUT2D eigenvalue weighted by Gasteiger charge is -2.09. The Morgan fingerprint density at radius 1 is 1.50 bits per heavy atom. The van der Waals surface area contributed by atoms with Crippen molar-refractivity contribution >= 4 is 17.5 Å². The Hall–Kier alpha value is -2.18. The van der Waals surface area contributed by atoms with Gasteiger partial charge in [-0.05, 0) is 19.3 Å². The quantitative estimate of drug-likeness (QED) is 0.812. The highest BCUT2D eigenvalue weighted by Crippen LogP contribution is 2.18. The van der Waals surface area contributed by atoms with Crippen molar-refractivity contribution in [2.45, 2.75) is 38.6 Å². The summed E-state index contributed by atoms with van der Waals surface area (Å²) in [7, 11) is 0. The molecular formula is C13H18N6O. The van der Waals surface area contributed by atoms with Crippen molar-refractivity contribution in [3.63, 3.8) is 0 Å². The van der Waals surface area contributed by atoms with Gasteiger partial charge in [0.25, 0.3) is 5.78 Å². The number of hydrogen-bond acceptors (Lipinski definition) is 5. The van der Waals surface area contributed by atoms with Crippen LogP contribution in [0, 0.1) is 0 Å². The van der Waals surface area contributed by atoms with Crippen LogP contribution in [0.3, 0.4) is 0 Å². The van der Waals surface area contributed by atoms with Gasteiger partial charge in [0, 0.05) is 17.8 Å². The van der Waals surface area contributed by atoms with E-state index in [1.807, 2.05) is 6.07 Å². The summed E-state index contributed by atoms with van der Waals surface area (Å²) in [6.45, 7) is 2.34. The van der Waals surface area contributed by atoms with E-state index in [0.717, 1.165) is 37.2 Å². The highest BCUT2D eigenvalue weighted by atomic mass is 16.2. The number of rotatable bonds is 6. The van der Waals surface area contributed by atoms with Crippen LogP contribution in [-0.2, 0) is 11.2 Å².